The maximum atomic E-state index is 6.12. The summed E-state index contributed by atoms with van der Waals surface area (Å²) in [6.07, 6.45) is 0. The Labute approximate surface area is 123 Å². The molecule has 1 atom stereocenters. The van der Waals surface area contributed by atoms with Crippen molar-refractivity contribution in [2.45, 2.75) is 13.0 Å². The lowest BCUT2D eigenvalue weighted by molar-refractivity contribution is 0.903. The van der Waals surface area contributed by atoms with Crippen molar-refractivity contribution in [2.75, 3.05) is 5.32 Å². The Balaban J connectivity index is 2.25. The van der Waals surface area contributed by atoms with Crippen molar-refractivity contribution in [3.63, 3.8) is 0 Å². The fraction of sp³-hybridized carbons (Fsp3) is 0.167. The molecule has 1 nitrogen and oxygen atoms in total. The molecule has 0 aliphatic carbocycles. The molecule has 5 heteroatoms. The van der Waals surface area contributed by atoms with E-state index in [-0.39, 0.29) is 6.04 Å². The lowest BCUT2D eigenvalue weighted by Gasteiger charge is -2.16. The van der Waals surface area contributed by atoms with E-state index < -0.39 is 0 Å². The third-order valence-electron chi connectivity index (χ3n) is 2.36. The molecule has 1 unspecified atom stereocenters. The molecule has 1 N–H and O–H groups in total. The standard InChI is InChI=1S/C12H10BrCl2NS/c1-7(12-8(13)5-6-17-12)16-11-9(14)3-2-4-10(11)15/h2-7,16H,1H3. The van der Waals surface area contributed by atoms with E-state index in [1.165, 1.54) is 4.88 Å². The van der Waals surface area contributed by atoms with Crippen LogP contribution in [0, 0.1) is 0 Å². The first-order valence-corrected chi connectivity index (χ1v) is 7.46. The summed E-state index contributed by atoms with van der Waals surface area (Å²) in [5, 5.41) is 6.66. The molecule has 1 aromatic carbocycles. The Morgan fingerprint density at radius 3 is 2.41 bits per heavy atom. The zero-order chi connectivity index (χ0) is 12.4. The highest BCUT2D eigenvalue weighted by atomic mass is 79.9. The summed E-state index contributed by atoms with van der Waals surface area (Å²) in [6.45, 7) is 2.08. The highest BCUT2D eigenvalue weighted by Crippen LogP contribution is 2.36. The van der Waals surface area contributed by atoms with Crippen LogP contribution in [0.3, 0.4) is 0 Å². The van der Waals surface area contributed by atoms with Crippen molar-refractivity contribution in [2.24, 2.45) is 0 Å². The number of anilines is 1. The van der Waals surface area contributed by atoms with Crippen molar-refractivity contribution >= 4 is 56.2 Å². The third kappa shape index (κ3) is 2.97. The SMILES string of the molecule is CC(Nc1c(Cl)cccc1Cl)c1sccc1Br. The van der Waals surface area contributed by atoms with Crippen LogP contribution in [-0.2, 0) is 0 Å². The maximum absolute atomic E-state index is 6.12. The Morgan fingerprint density at radius 1 is 1.24 bits per heavy atom. The van der Waals surface area contributed by atoms with E-state index in [9.17, 15) is 0 Å². The van der Waals surface area contributed by atoms with E-state index in [1.807, 2.05) is 29.6 Å². The van der Waals surface area contributed by atoms with E-state index >= 15 is 0 Å². The summed E-state index contributed by atoms with van der Waals surface area (Å²) < 4.78 is 1.10. The molecular formula is C12H10BrCl2NS. The zero-order valence-electron chi connectivity index (χ0n) is 9.01. The first kappa shape index (κ1) is 13.2. The molecule has 90 valence electrons. The normalized spacial score (nSPS) is 12.5. The minimum atomic E-state index is 0.154. The highest BCUT2D eigenvalue weighted by Gasteiger charge is 2.13. The van der Waals surface area contributed by atoms with Crippen molar-refractivity contribution in [3.8, 4) is 0 Å². The van der Waals surface area contributed by atoms with Crippen LogP contribution in [0.1, 0.15) is 17.8 Å². The predicted octanol–water partition coefficient (Wildman–Crippen LogP) is 5.99. The monoisotopic (exact) mass is 349 g/mol. The summed E-state index contributed by atoms with van der Waals surface area (Å²) in [4.78, 5) is 1.22. The number of nitrogens with one attached hydrogen (secondary N) is 1. The molecule has 0 spiro atoms. The van der Waals surface area contributed by atoms with Gasteiger partial charge in [-0.05, 0) is 46.4 Å². The molecule has 0 aliphatic heterocycles. The zero-order valence-corrected chi connectivity index (χ0v) is 12.9. The fourth-order valence-corrected chi connectivity index (χ4v) is 3.76. The van der Waals surface area contributed by atoms with Gasteiger partial charge >= 0.3 is 0 Å². The Morgan fingerprint density at radius 2 is 1.88 bits per heavy atom. The summed E-state index contributed by atoms with van der Waals surface area (Å²) in [5.41, 5.74) is 0.781. The van der Waals surface area contributed by atoms with E-state index in [2.05, 4.69) is 28.2 Å². The number of para-hydroxylation sites is 1. The highest BCUT2D eigenvalue weighted by molar-refractivity contribution is 9.10. The molecule has 1 heterocycles. The van der Waals surface area contributed by atoms with Gasteiger partial charge in [-0.1, -0.05) is 29.3 Å². The first-order chi connectivity index (χ1) is 8.09. The minimum Gasteiger partial charge on any atom is -0.375 e. The Bertz CT molecular complexity index is 507. The molecule has 0 amide bonds. The Kier molecular flexibility index (Phi) is 4.36. The van der Waals surface area contributed by atoms with Crippen LogP contribution in [-0.4, -0.2) is 0 Å². The molecule has 0 saturated carbocycles. The number of thiophene rings is 1. The van der Waals surface area contributed by atoms with Crippen molar-refractivity contribution in [1.82, 2.24) is 0 Å². The molecule has 0 aliphatic rings. The molecule has 0 bridgehead atoms. The van der Waals surface area contributed by atoms with Crippen LogP contribution in [0.25, 0.3) is 0 Å². The van der Waals surface area contributed by atoms with Gasteiger partial charge in [0.25, 0.3) is 0 Å². The quantitative estimate of drug-likeness (QED) is 0.716. The van der Waals surface area contributed by atoms with E-state index in [4.69, 9.17) is 23.2 Å². The van der Waals surface area contributed by atoms with Crippen molar-refractivity contribution < 1.29 is 0 Å². The van der Waals surface area contributed by atoms with E-state index in [0.717, 1.165) is 10.2 Å². The second kappa shape index (κ2) is 5.61. The van der Waals surface area contributed by atoms with Crippen LogP contribution in [0.5, 0.6) is 0 Å². The van der Waals surface area contributed by atoms with Gasteiger partial charge in [-0.15, -0.1) is 11.3 Å². The lowest BCUT2D eigenvalue weighted by Crippen LogP contribution is -2.06. The topological polar surface area (TPSA) is 12.0 Å². The van der Waals surface area contributed by atoms with Gasteiger partial charge in [0.1, 0.15) is 0 Å². The summed E-state index contributed by atoms with van der Waals surface area (Å²) in [6, 6.07) is 7.67. The Hall–Kier alpha value is -0.220. The molecule has 17 heavy (non-hydrogen) atoms. The van der Waals surface area contributed by atoms with E-state index in [1.54, 1.807) is 11.3 Å². The van der Waals surface area contributed by atoms with Crippen LogP contribution >= 0.6 is 50.5 Å². The summed E-state index contributed by atoms with van der Waals surface area (Å²) in [7, 11) is 0. The van der Waals surface area contributed by atoms with Gasteiger partial charge < -0.3 is 5.32 Å². The smallest absolute Gasteiger partial charge is 0.0723 e. The van der Waals surface area contributed by atoms with Gasteiger partial charge in [0.15, 0.2) is 0 Å². The van der Waals surface area contributed by atoms with Gasteiger partial charge in [0, 0.05) is 9.35 Å². The molecule has 1 aromatic heterocycles. The maximum Gasteiger partial charge on any atom is 0.0723 e. The number of hydrogen-bond acceptors (Lipinski definition) is 2. The fourth-order valence-electron chi connectivity index (χ4n) is 1.53. The number of rotatable bonds is 3. The molecule has 0 saturated heterocycles. The molecule has 0 radical (unpaired) electrons. The number of halogens is 3. The van der Waals surface area contributed by atoms with Crippen LogP contribution in [0.15, 0.2) is 34.1 Å². The average Bonchev–Trinajstić information content (AvgIpc) is 2.70. The van der Waals surface area contributed by atoms with E-state index in [0.29, 0.717) is 10.0 Å². The van der Waals surface area contributed by atoms with Gasteiger partial charge in [0.05, 0.1) is 21.8 Å². The molecule has 0 fully saturated rings. The molecule has 2 aromatic rings. The number of benzene rings is 1. The van der Waals surface area contributed by atoms with Gasteiger partial charge in [-0.2, -0.15) is 0 Å². The summed E-state index contributed by atoms with van der Waals surface area (Å²) in [5.74, 6) is 0. The van der Waals surface area contributed by atoms with Gasteiger partial charge in [-0.25, -0.2) is 0 Å². The predicted molar refractivity (Wildman–Crippen MR) is 80.5 cm³/mol. The second-order valence-corrected chi connectivity index (χ2v) is 6.21. The largest absolute Gasteiger partial charge is 0.375 e. The average molecular weight is 351 g/mol. The molecule has 2 rings (SSSR count). The first-order valence-electron chi connectivity index (χ1n) is 5.03. The summed E-state index contributed by atoms with van der Waals surface area (Å²) >= 11 is 17.5. The van der Waals surface area contributed by atoms with Crippen LogP contribution in [0.2, 0.25) is 10.0 Å². The number of hydrogen-bond donors (Lipinski definition) is 1. The van der Waals surface area contributed by atoms with Crippen molar-refractivity contribution in [1.29, 1.82) is 0 Å². The van der Waals surface area contributed by atoms with Gasteiger partial charge in [0.2, 0.25) is 0 Å². The van der Waals surface area contributed by atoms with Crippen LogP contribution < -0.4 is 5.32 Å². The minimum absolute atomic E-state index is 0.154. The van der Waals surface area contributed by atoms with Crippen LogP contribution in [0.4, 0.5) is 5.69 Å². The molecular weight excluding hydrogens is 341 g/mol. The van der Waals surface area contributed by atoms with Crippen molar-refractivity contribution in [3.05, 3.63) is 49.0 Å². The second-order valence-electron chi connectivity index (χ2n) is 3.60. The van der Waals surface area contributed by atoms with Gasteiger partial charge in [-0.3, -0.25) is 0 Å². The third-order valence-corrected chi connectivity index (χ3v) is 5.05. The lowest BCUT2D eigenvalue weighted by atomic mass is 10.2.